The second-order valence-corrected chi connectivity index (χ2v) is 13.9. The SMILES string of the molecule is CCC(CCCCCCCCCCCCCCCC(=O)OCCCCCC(C)C)CCC(=O)OCCCCCC(C)C. The Kier molecular flexibility index (Phi) is 30.6. The van der Waals surface area contributed by atoms with E-state index in [4.69, 9.17) is 9.47 Å². The van der Waals surface area contributed by atoms with Crippen molar-refractivity contribution in [3.63, 3.8) is 0 Å². The maximum absolute atomic E-state index is 12.1. The molecule has 1 atom stereocenters. The Morgan fingerprint density at radius 1 is 0.429 bits per heavy atom. The average Bonchev–Trinajstić information content (AvgIpc) is 2.95. The molecule has 0 radical (unpaired) electrons. The number of hydrogen-bond donors (Lipinski definition) is 0. The van der Waals surface area contributed by atoms with Crippen LogP contribution in [0.15, 0.2) is 0 Å². The normalized spacial score (nSPS) is 12.3. The van der Waals surface area contributed by atoms with Gasteiger partial charge in [0.05, 0.1) is 13.2 Å². The van der Waals surface area contributed by atoms with E-state index in [-0.39, 0.29) is 11.9 Å². The maximum Gasteiger partial charge on any atom is 0.305 e. The van der Waals surface area contributed by atoms with Crippen LogP contribution in [0, 0.1) is 17.8 Å². The highest BCUT2D eigenvalue weighted by Crippen LogP contribution is 2.21. The highest BCUT2D eigenvalue weighted by atomic mass is 16.5. The minimum atomic E-state index is -0.000460. The number of rotatable bonds is 32. The fourth-order valence-electron chi connectivity index (χ4n) is 5.70. The van der Waals surface area contributed by atoms with E-state index >= 15 is 0 Å². The van der Waals surface area contributed by atoms with Crippen molar-refractivity contribution in [1.29, 1.82) is 0 Å². The molecule has 0 aliphatic carbocycles. The van der Waals surface area contributed by atoms with Crippen LogP contribution in [-0.2, 0) is 19.1 Å². The van der Waals surface area contributed by atoms with Crippen LogP contribution >= 0.6 is 0 Å². The zero-order chi connectivity index (χ0) is 31.1. The summed E-state index contributed by atoms with van der Waals surface area (Å²) in [6, 6.07) is 0. The molecule has 0 aromatic rings. The number of hydrogen-bond acceptors (Lipinski definition) is 4. The lowest BCUT2D eigenvalue weighted by Crippen LogP contribution is -2.09. The molecule has 1 unspecified atom stereocenters. The van der Waals surface area contributed by atoms with Crippen molar-refractivity contribution in [2.45, 2.75) is 202 Å². The minimum absolute atomic E-state index is 0.000460. The molecule has 0 heterocycles. The standard InChI is InChI=1S/C38H74O4/c1-6-36(30-31-38(40)42-33-25-19-21-27-35(4)5)28-22-16-14-12-10-8-7-9-11-13-15-17-23-29-37(39)41-32-24-18-20-26-34(2)3/h34-36H,6-33H2,1-5H3. The van der Waals surface area contributed by atoms with E-state index in [0.717, 1.165) is 43.9 Å². The van der Waals surface area contributed by atoms with Crippen LogP contribution in [-0.4, -0.2) is 25.2 Å². The second-order valence-electron chi connectivity index (χ2n) is 13.9. The Labute approximate surface area is 263 Å². The van der Waals surface area contributed by atoms with Crippen molar-refractivity contribution in [2.75, 3.05) is 13.2 Å². The summed E-state index contributed by atoms with van der Waals surface area (Å²) in [6.07, 6.45) is 30.9. The van der Waals surface area contributed by atoms with Crippen molar-refractivity contribution in [1.82, 2.24) is 0 Å². The Balaban J connectivity index is 3.39. The fraction of sp³-hybridized carbons (Fsp3) is 0.947. The Hall–Kier alpha value is -1.06. The van der Waals surface area contributed by atoms with E-state index in [1.807, 2.05) is 0 Å². The summed E-state index contributed by atoms with van der Waals surface area (Å²) in [5, 5.41) is 0. The molecule has 0 spiro atoms. The quantitative estimate of drug-likeness (QED) is 0.0574. The predicted molar refractivity (Wildman–Crippen MR) is 181 cm³/mol. The average molecular weight is 595 g/mol. The largest absolute Gasteiger partial charge is 0.466 e. The molecule has 0 aromatic heterocycles. The van der Waals surface area contributed by atoms with E-state index in [1.54, 1.807) is 0 Å². The molecule has 250 valence electrons. The third-order valence-electron chi connectivity index (χ3n) is 8.71. The molecule has 0 saturated heterocycles. The summed E-state index contributed by atoms with van der Waals surface area (Å²) in [4.78, 5) is 23.9. The van der Waals surface area contributed by atoms with Crippen LogP contribution in [0.25, 0.3) is 0 Å². The van der Waals surface area contributed by atoms with Gasteiger partial charge >= 0.3 is 11.9 Å². The number of ether oxygens (including phenoxy) is 2. The zero-order valence-electron chi connectivity index (χ0n) is 29.2. The molecule has 0 aliphatic rings. The van der Waals surface area contributed by atoms with Gasteiger partial charge in [0.15, 0.2) is 0 Å². The van der Waals surface area contributed by atoms with Crippen molar-refractivity contribution in [3.05, 3.63) is 0 Å². The van der Waals surface area contributed by atoms with Crippen LogP contribution in [0.5, 0.6) is 0 Å². The van der Waals surface area contributed by atoms with E-state index in [0.29, 0.717) is 32.0 Å². The van der Waals surface area contributed by atoms with Gasteiger partial charge in [-0.3, -0.25) is 9.59 Å². The van der Waals surface area contributed by atoms with Gasteiger partial charge in [0.25, 0.3) is 0 Å². The summed E-state index contributed by atoms with van der Waals surface area (Å²) >= 11 is 0. The monoisotopic (exact) mass is 595 g/mol. The van der Waals surface area contributed by atoms with Crippen LogP contribution in [0.3, 0.4) is 0 Å². The van der Waals surface area contributed by atoms with Gasteiger partial charge in [-0.15, -0.1) is 0 Å². The first kappa shape index (κ1) is 40.9. The lowest BCUT2D eigenvalue weighted by molar-refractivity contribution is -0.145. The molecule has 0 aliphatic heterocycles. The molecule has 0 saturated carbocycles. The predicted octanol–water partition coefficient (Wildman–Crippen LogP) is 12.2. The van der Waals surface area contributed by atoms with Crippen molar-refractivity contribution in [3.8, 4) is 0 Å². The molecule has 0 amide bonds. The summed E-state index contributed by atoms with van der Waals surface area (Å²) in [5.41, 5.74) is 0. The molecule has 0 fully saturated rings. The lowest BCUT2D eigenvalue weighted by Gasteiger charge is -2.14. The topological polar surface area (TPSA) is 52.6 Å². The van der Waals surface area contributed by atoms with Gasteiger partial charge in [0.2, 0.25) is 0 Å². The third-order valence-corrected chi connectivity index (χ3v) is 8.71. The maximum atomic E-state index is 12.1. The first-order valence-electron chi connectivity index (χ1n) is 18.7. The van der Waals surface area contributed by atoms with Gasteiger partial charge in [-0.1, -0.05) is 163 Å². The summed E-state index contributed by atoms with van der Waals surface area (Å²) in [7, 11) is 0. The van der Waals surface area contributed by atoms with Crippen molar-refractivity contribution in [2.24, 2.45) is 17.8 Å². The molecular weight excluding hydrogens is 520 g/mol. The smallest absolute Gasteiger partial charge is 0.305 e. The van der Waals surface area contributed by atoms with E-state index in [2.05, 4.69) is 34.6 Å². The van der Waals surface area contributed by atoms with Crippen molar-refractivity contribution >= 4 is 11.9 Å². The van der Waals surface area contributed by atoms with Gasteiger partial charge in [-0.05, 0) is 43.4 Å². The molecule has 4 nitrogen and oxygen atoms in total. The number of carbonyl (C=O) groups excluding carboxylic acids is 2. The van der Waals surface area contributed by atoms with Gasteiger partial charge in [-0.2, -0.15) is 0 Å². The molecule has 0 aromatic carbocycles. The van der Waals surface area contributed by atoms with Crippen LogP contribution in [0.4, 0.5) is 0 Å². The Morgan fingerprint density at radius 2 is 0.786 bits per heavy atom. The van der Waals surface area contributed by atoms with Crippen LogP contribution in [0.2, 0.25) is 0 Å². The molecule has 0 bridgehead atoms. The molecule has 0 N–H and O–H groups in total. The second kappa shape index (κ2) is 31.4. The first-order chi connectivity index (χ1) is 20.3. The highest BCUT2D eigenvalue weighted by molar-refractivity contribution is 5.69. The van der Waals surface area contributed by atoms with Gasteiger partial charge in [-0.25, -0.2) is 0 Å². The first-order valence-corrected chi connectivity index (χ1v) is 18.7. The lowest BCUT2D eigenvalue weighted by atomic mass is 9.93. The third kappa shape index (κ3) is 31.9. The zero-order valence-corrected chi connectivity index (χ0v) is 29.2. The number of unbranched alkanes of at least 4 members (excludes halogenated alkanes) is 16. The van der Waals surface area contributed by atoms with Crippen LogP contribution in [0.1, 0.15) is 202 Å². The Bertz CT molecular complexity index is 586. The Morgan fingerprint density at radius 3 is 1.21 bits per heavy atom. The molecular formula is C38H74O4. The number of esters is 2. The highest BCUT2D eigenvalue weighted by Gasteiger charge is 2.10. The van der Waals surface area contributed by atoms with E-state index < -0.39 is 0 Å². The summed E-state index contributed by atoms with van der Waals surface area (Å²) < 4.78 is 10.8. The van der Waals surface area contributed by atoms with Crippen molar-refractivity contribution < 1.29 is 19.1 Å². The fourth-order valence-corrected chi connectivity index (χ4v) is 5.70. The minimum Gasteiger partial charge on any atom is -0.466 e. The summed E-state index contributed by atoms with van der Waals surface area (Å²) in [6.45, 7) is 12.5. The molecule has 0 rings (SSSR count). The van der Waals surface area contributed by atoms with Gasteiger partial charge in [0, 0.05) is 12.8 Å². The summed E-state index contributed by atoms with van der Waals surface area (Å²) in [5.74, 6) is 2.22. The molecule has 4 heteroatoms. The van der Waals surface area contributed by atoms with Crippen LogP contribution < -0.4 is 0 Å². The number of carbonyl (C=O) groups is 2. The van der Waals surface area contributed by atoms with Gasteiger partial charge < -0.3 is 9.47 Å². The van der Waals surface area contributed by atoms with E-state index in [9.17, 15) is 9.59 Å². The molecule has 42 heavy (non-hydrogen) atoms. The van der Waals surface area contributed by atoms with Gasteiger partial charge in [0.1, 0.15) is 0 Å². The van der Waals surface area contributed by atoms with E-state index in [1.165, 1.54) is 122 Å².